The van der Waals surface area contributed by atoms with Crippen molar-refractivity contribution in [3.8, 4) is 0 Å². The monoisotopic (exact) mass is 291 g/mol. The van der Waals surface area contributed by atoms with Crippen molar-refractivity contribution in [2.24, 2.45) is 12.8 Å². The van der Waals surface area contributed by atoms with Gasteiger partial charge in [-0.05, 0) is 0 Å². The third-order valence-electron chi connectivity index (χ3n) is 3.58. The molecule has 0 radical (unpaired) electrons. The van der Waals surface area contributed by atoms with Gasteiger partial charge in [0.1, 0.15) is 17.7 Å². The van der Waals surface area contributed by atoms with Crippen LogP contribution in [0.1, 0.15) is 5.82 Å². The first kappa shape index (κ1) is 13.7. The van der Waals surface area contributed by atoms with Gasteiger partial charge in [0.2, 0.25) is 5.91 Å². The molecule has 1 aliphatic heterocycles. The van der Waals surface area contributed by atoms with E-state index in [1.165, 1.54) is 0 Å². The average Bonchev–Trinajstić information content (AvgIpc) is 2.81. The first-order valence-electron chi connectivity index (χ1n) is 6.61. The lowest BCUT2D eigenvalue weighted by molar-refractivity contribution is -0.129. The van der Waals surface area contributed by atoms with Gasteiger partial charge in [0.25, 0.3) is 0 Å². The van der Waals surface area contributed by atoms with Crippen LogP contribution in [0.3, 0.4) is 0 Å². The highest BCUT2D eigenvalue weighted by Crippen LogP contribution is 2.18. The Morgan fingerprint density at radius 3 is 3.10 bits per heavy atom. The van der Waals surface area contributed by atoms with Crippen LogP contribution in [0.4, 0.5) is 5.82 Å². The number of aryl methyl sites for hydroxylation is 1. The molecule has 2 aromatic rings. The lowest BCUT2D eigenvalue weighted by atomic mass is 10.2. The molecule has 21 heavy (non-hydrogen) atoms. The van der Waals surface area contributed by atoms with Crippen LogP contribution in [-0.4, -0.2) is 56.4 Å². The first-order valence-corrected chi connectivity index (χ1v) is 6.61. The van der Waals surface area contributed by atoms with E-state index < -0.39 is 11.9 Å². The number of amides is 1. The molecule has 1 atom stereocenters. The summed E-state index contributed by atoms with van der Waals surface area (Å²) in [7, 11) is 1.79. The Balaban J connectivity index is 1.90. The summed E-state index contributed by atoms with van der Waals surface area (Å²) >= 11 is 0. The van der Waals surface area contributed by atoms with E-state index in [-0.39, 0.29) is 0 Å². The van der Waals surface area contributed by atoms with Crippen LogP contribution in [0.5, 0.6) is 0 Å². The maximum Gasteiger partial charge on any atom is 0.237 e. The number of aromatic nitrogens is 4. The van der Waals surface area contributed by atoms with E-state index in [4.69, 9.17) is 16.2 Å². The smallest absolute Gasteiger partial charge is 0.237 e. The Labute approximate surface area is 120 Å². The topological polar surface area (TPSA) is 125 Å². The van der Waals surface area contributed by atoms with E-state index in [0.29, 0.717) is 43.6 Å². The minimum atomic E-state index is -0.467. The van der Waals surface area contributed by atoms with E-state index in [1.807, 2.05) is 4.90 Å². The minimum absolute atomic E-state index is 0.290. The quantitative estimate of drug-likeness (QED) is 0.714. The molecular weight excluding hydrogens is 274 g/mol. The number of carbonyl (C=O) groups is 1. The maximum atomic E-state index is 11.5. The second-order valence-electron chi connectivity index (χ2n) is 4.99. The predicted molar refractivity (Wildman–Crippen MR) is 74.9 cm³/mol. The van der Waals surface area contributed by atoms with Gasteiger partial charge in [-0.3, -0.25) is 14.4 Å². The van der Waals surface area contributed by atoms with Crippen LogP contribution in [0.2, 0.25) is 0 Å². The molecule has 1 amide bonds. The number of ether oxygens (including phenoxy) is 1. The molecule has 0 aromatic carbocycles. The van der Waals surface area contributed by atoms with Crippen molar-refractivity contribution >= 4 is 22.8 Å². The highest BCUT2D eigenvalue weighted by Gasteiger charge is 2.28. The van der Waals surface area contributed by atoms with E-state index in [2.05, 4.69) is 15.1 Å². The SMILES string of the molecule is Cn1ncc2c(N)nc(CN3CCOCC3C(N)=O)nc21. The second-order valence-corrected chi connectivity index (χ2v) is 4.99. The highest BCUT2D eigenvalue weighted by atomic mass is 16.5. The largest absolute Gasteiger partial charge is 0.383 e. The fraction of sp³-hybridized carbons (Fsp3) is 0.500. The zero-order valence-corrected chi connectivity index (χ0v) is 11.7. The van der Waals surface area contributed by atoms with E-state index in [9.17, 15) is 4.79 Å². The molecule has 112 valence electrons. The molecule has 1 unspecified atom stereocenters. The van der Waals surface area contributed by atoms with Crippen LogP contribution in [0, 0.1) is 0 Å². The molecule has 0 saturated carbocycles. The van der Waals surface area contributed by atoms with Crippen molar-refractivity contribution in [1.82, 2.24) is 24.6 Å². The Hall–Kier alpha value is -2.26. The number of rotatable bonds is 3. The van der Waals surface area contributed by atoms with Gasteiger partial charge in [0.05, 0.1) is 31.3 Å². The molecule has 0 spiro atoms. The van der Waals surface area contributed by atoms with Crippen LogP contribution in [0.25, 0.3) is 11.0 Å². The number of hydrogen-bond acceptors (Lipinski definition) is 7. The molecule has 9 heteroatoms. The molecule has 1 fully saturated rings. The summed E-state index contributed by atoms with van der Waals surface area (Å²) < 4.78 is 6.93. The van der Waals surface area contributed by atoms with E-state index in [1.54, 1.807) is 17.9 Å². The van der Waals surface area contributed by atoms with E-state index >= 15 is 0 Å². The lowest BCUT2D eigenvalue weighted by Gasteiger charge is -2.32. The number of carbonyl (C=O) groups excluding carboxylic acids is 1. The van der Waals surface area contributed by atoms with Gasteiger partial charge in [-0.15, -0.1) is 0 Å². The number of nitrogens with two attached hydrogens (primary N) is 2. The Kier molecular flexibility index (Phi) is 3.43. The summed E-state index contributed by atoms with van der Waals surface area (Å²) in [6.45, 7) is 1.83. The summed E-state index contributed by atoms with van der Waals surface area (Å²) in [6, 6.07) is -0.467. The summed E-state index contributed by atoms with van der Waals surface area (Å²) in [4.78, 5) is 22.1. The summed E-state index contributed by atoms with van der Waals surface area (Å²) in [5.41, 5.74) is 12.0. The van der Waals surface area contributed by atoms with Gasteiger partial charge >= 0.3 is 0 Å². The number of nitrogens with zero attached hydrogens (tertiary/aromatic N) is 5. The van der Waals surface area contributed by atoms with Gasteiger partial charge in [0, 0.05) is 13.6 Å². The highest BCUT2D eigenvalue weighted by molar-refractivity contribution is 5.85. The first-order chi connectivity index (χ1) is 10.1. The zero-order valence-electron chi connectivity index (χ0n) is 11.7. The van der Waals surface area contributed by atoms with Gasteiger partial charge < -0.3 is 16.2 Å². The number of primary amides is 1. The zero-order chi connectivity index (χ0) is 15.0. The van der Waals surface area contributed by atoms with Crippen LogP contribution >= 0.6 is 0 Å². The van der Waals surface area contributed by atoms with E-state index in [0.717, 1.165) is 5.39 Å². The molecule has 9 nitrogen and oxygen atoms in total. The molecular formula is C12H17N7O2. The van der Waals surface area contributed by atoms with Crippen LogP contribution < -0.4 is 11.5 Å². The fourth-order valence-electron chi connectivity index (χ4n) is 2.43. The number of fused-ring (bicyclic) bond motifs is 1. The van der Waals surface area contributed by atoms with Crippen LogP contribution in [0.15, 0.2) is 6.20 Å². The van der Waals surface area contributed by atoms with Crippen molar-refractivity contribution < 1.29 is 9.53 Å². The molecule has 4 N–H and O–H groups in total. The molecule has 2 aromatic heterocycles. The third-order valence-corrected chi connectivity index (χ3v) is 3.58. The average molecular weight is 291 g/mol. The fourth-order valence-corrected chi connectivity index (χ4v) is 2.43. The van der Waals surface area contributed by atoms with Crippen molar-refractivity contribution in [1.29, 1.82) is 0 Å². The van der Waals surface area contributed by atoms with Crippen molar-refractivity contribution in [2.75, 3.05) is 25.5 Å². The molecule has 1 saturated heterocycles. The minimum Gasteiger partial charge on any atom is -0.383 e. The van der Waals surface area contributed by atoms with Crippen molar-refractivity contribution in [3.63, 3.8) is 0 Å². The third kappa shape index (κ3) is 2.52. The Bertz CT molecular complexity index is 684. The van der Waals surface area contributed by atoms with Crippen molar-refractivity contribution in [2.45, 2.75) is 12.6 Å². The van der Waals surface area contributed by atoms with Gasteiger partial charge in [-0.2, -0.15) is 5.10 Å². The molecule has 3 rings (SSSR count). The Morgan fingerprint density at radius 1 is 1.52 bits per heavy atom. The molecule has 0 bridgehead atoms. The van der Waals surface area contributed by atoms with Gasteiger partial charge in [0.15, 0.2) is 5.65 Å². The van der Waals surface area contributed by atoms with Crippen molar-refractivity contribution in [3.05, 3.63) is 12.0 Å². The number of hydrogen-bond donors (Lipinski definition) is 2. The maximum absolute atomic E-state index is 11.5. The summed E-state index contributed by atoms with van der Waals surface area (Å²) in [5.74, 6) is 0.507. The second kappa shape index (κ2) is 5.26. The normalized spacial score (nSPS) is 20.0. The lowest BCUT2D eigenvalue weighted by Crippen LogP contribution is -2.52. The van der Waals surface area contributed by atoms with Gasteiger partial charge in [-0.1, -0.05) is 0 Å². The molecule has 1 aliphatic rings. The number of nitrogen functional groups attached to an aromatic ring is 1. The number of anilines is 1. The summed E-state index contributed by atoms with van der Waals surface area (Å²) in [5, 5.41) is 4.83. The summed E-state index contributed by atoms with van der Waals surface area (Å²) in [6.07, 6.45) is 1.63. The standard InChI is InChI=1S/C12H17N7O2/c1-18-12-7(4-15-18)10(13)16-9(17-12)5-19-2-3-21-6-8(19)11(14)20/h4,8H,2-3,5-6H2,1H3,(H2,14,20)(H2,13,16,17). The predicted octanol–water partition coefficient (Wildman–Crippen LogP) is -1.37. The molecule has 3 heterocycles. The van der Waals surface area contributed by atoms with Crippen LogP contribution in [-0.2, 0) is 23.1 Å². The Morgan fingerprint density at radius 2 is 2.33 bits per heavy atom. The van der Waals surface area contributed by atoms with Gasteiger partial charge in [-0.25, -0.2) is 9.97 Å². The number of morpholine rings is 1. The molecule has 0 aliphatic carbocycles.